The van der Waals surface area contributed by atoms with Gasteiger partial charge in [0.1, 0.15) is 16.0 Å². The minimum absolute atomic E-state index is 0.121. The summed E-state index contributed by atoms with van der Waals surface area (Å²) in [6.07, 6.45) is 3.17. The SMILES string of the molecule is COc1cc(C(=O)NC2CCCC2CN)cc(OC)c1Br. The monoisotopic (exact) mass is 356 g/mol. The van der Waals surface area contributed by atoms with E-state index in [0.717, 1.165) is 19.3 Å². The molecule has 0 aromatic heterocycles. The highest BCUT2D eigenvalue weighted by atomic mass is 79.9. The minimum atomic E-state index is -0.121. The Morgan fingerprint density at radius 1 is 1.33 bits per heavy atom. The third-order valence-corrected chi connectivity index (χ3v) is 4.77. The van der Waals surface area contributed by atoms with Crippen LogP contribution in [0.4, 0.5) is 0 Å². The number of methoxy groups -OCH3 is 2. The summed E-state index contributed by atoms with van der Waals surface area (Å²) in [6, 6.07) is 3.56. The number of carbonyl (C=O) groups is 1. The van der Waals surface area contributed by atoms with E-state index in [4.69, 9.17) is 15.2 Å². The van der Waals surface area contributed by atoms with Crippen LogP contribution in [0.3, 0.4) is 0 Å². The first-order chi connectivity index (χ1) is 10.1. The van der Waals surface area contributed by atoms with Crippen LogP contribution in [0, 0.1) is 5.92 Å². The number of benzene rings is 1. The van der Waals surface area contributed by atoms with Crippen molar-refractivity contribution in [2.24, 2.45) is 11.7 Å². The second-order valence-corrected chi connectivity index (χ2v) is 5.99. The highest BCUT2D eigenvalue weighted by Gasteiger charge is 2.28. The Labute approximate surface area is 133 Å². The van der Waals surface area contributed by atoms with Crippen molar-refractivity contribution < 1.29 is 14.3 Å². The number of amides is 1. The number of ether oxygens (including phenoxy) is 2. The van der Waals surface area contributed by atoms with Gasteiger partial charge in [0.05, 0.1) is 14.2 Å². The fourth-order valence-corrected chi connectivity index (χ4v) is 3.31. The molecule has 0 spiro atoms. The number of nitrogens with two attached hydrogens (primary N) is 1. The fraction of sp³-hybridized carbons (Fsp3) is 0.533. The topological polar surface area (TPSA) is 73.6 Å². The van der Waals surface area contributed by atoms with E-state index in [2.05, 4.69) is 21.2 Å². The fourth-order valence-electron chi connectivity index (χ4n) is 2.76. The summed E-state index contributed by atoms with van der Waals surface area (Å²) in [5.41, 5.74) is 6.28. The first-order valence-electron chi connectivity index (χ1n) is 7.03. The summed E-state index contributed by atoms with van der Waals surface area (Å²) >= 11 is 3.40. The predicted molar refractivity (Wildman–Crippen MR) is 84.9 cm³/mol. The average molecular weight is 357 g/mol. The summed E-state index contributed by atoms with van der Waals surface area (Å²) in [6.45, 7) is 0.609. The molecule has 1 aromatic rings. The molecule has 1 amide bonds. The first-order valence-corrected chi connectivity index (χ1v) is 7.82. The van der Waals surface area contributed by atoms with Gasteiger partial charge in [-0.1, -0.05) is 6.42 Å². The van der Waals surface area contributed by atoms with E-state index < -0.39 is 0 Å². The van der Waals surface area contributed by atoms with Crippen molar-refractivity contribution in [3.8, 4) is 11.5 Å². The molecule has 6 heteroatoms. The summed E-state index contributed by atoms with van der Waals surface area (Å²) < 4.78 is 11.2. The quantitative estimate of drug-likeness (QED) is 0.848. The van der Waals surface area contributed by atoms with Gasteiger partial charge in [0, 0.05) is 11.6 Å². The molecule has 1 aromatic carbocycles. The number of rotatable bonds is 5. The predicted octanol–water partition coefficient (Wildman–Crippen LogP) is 2.32. The van der Waals surface area contributed by atoms with Gasteiger partial charge >= 0.3 is 0 Å². The maximum Gasteiger partial charge on any atom is 0.251 e. The maximum atomic E-state index is 12.4. The molecule has 1 fully saturated rings. The van der Waals surface area contributed by atoms with Crippen LogP contribution in [0.1, 0.15) is 29.6 Å². The lowest BCUT2D eigenvalue weighted by atomic mass is 10.0. The zero-order valence-corrected chi connectivity index (χ0v) is 13.9. The summed E-state index contributed by atoms with van der Waals surface area (Å²) in [4.78, 5) is 12.4. The van der Waals surface area contributed by atoms with Crippen molar-refractivity contribution >= 4 is 21.8 Å². The van der Waals surface area contributed by atoms with E-state index in [1.54, 1.807) is 26.4 Å². The van der Waals surface area contributed by atoms with Crippen LogP contribution in [0.2, 0.25) is 0 Å². The Balaban J connectivity index is 2.19. The van der Waals surface area contributed by atoms with Crippen molar-refractivity contribution in [1.29, 1.82) is 0 Å². The van der Waals surface area contributed by atoms with E-state index in [1.165, 1.54) is 0 Å². The highest BCUT2D eigenvalue weighted by molar-refractivity contribution is 9.10. The van der Waals surface area contributed by atoms with Gasteiger partial charge in [-0.2, -0.15) is 0 Å². The Kier molecular flexibility index (Phi) is 5.47. The minimum Gasteiger partial charge on any atom is -0.495 e. The van der Waals surface area contributed by atoms with E-state index in [1.807, 2.05) is 0 Å². The van der Waals surface area contributed by atoms with Gasteiger partial charge < -0.3 is 20.5 Å². The molecule has 2 rings (SSSR count). The van der Waals surface area contributed by atoms with Gasteiger partial charge in [0.25, 0.3) is 5.91 Å². The average Bonchev–Trinajstić information content (AvgIpc) is 2.94. The molecule has 5 nitrogen and oxygen atoms in total. The van der Waals surface area contributed by atoms with E-state index >= 15 is 0 Å². The molecule has 116 valence electrons. The summed E-state index contributed by atoms with van der Waals surface area (Å²) in [5, 5.41) is 3.07. The molecule has 0 heterocycles. The van der Waals surface area contributed by atoms with Crippen LogP contribution in [-0.2, 0) is 0 Å². The van der Waals surface area contributed by atoms with Crippen LogP contribution in [0.5, 0.6) is 11.5 Å². The number of hydrogen-bond donors (Lipinski definition) is 2. The second kappa shape index (κ2) is 7.13. The third kappa shape index (κ3) is 3.49. The van der Waals surface area contributed by atoms with Gasteiger partial charge in [-0.15, -0.1) is 0 Å². The molecule has 1 aliphatic rings. The van der Waals surface area contributed by atoms with Crippen LogP contribution >= 0.6 is 15.9 Å². The van der Waals surface area contributed by atoms with Crippen LogP contribution in [0.25, 0.3) is 0 Å². The van der Waals surface area contributed by atoms with Crippen molar-refractivity contribution in [2.75, 3.05) is 20.8 Å². The van der Waals surface area contributed by atoms with Crippen molar-refractivity contribution in [2.45, 2.75) is 25.3 Å². The summed E-state index contributed by atoms with van der Waals surface area (Å²) in [7, 11) is 3.12. The van der Waals surface area contributed by atoms with Crippen molar-refractivity contribution in [3.05, 3.63) is 22.2 Å². The summed E-state index contributed by atoms with van der Waals surface area (Å²) in [5.74, 6) is 1.39. The molecule has 2 unspecified atom stereocenters. The normalized spacial score (nSPS) is 21.1. The van der Waals surface area contributed by atoms with E-state index in [-0.39, 0.29) is 11.9 Å². The zero-order valence-electron chi connectivity index (χ0n) is 12.3. The zero-order chi connectivity index (χ0) is 15.4. The van der Waals surface area contributed by atoms with Crippen LogP contribution in [0.15, 0.2) is 16.6 Å². The molecular weight excluding hydrogens is 336 g/mol. The van der Waals surface area contributed by atoms with Crippen molar-refractivity contribution in [3.63, 3.8) is 0 Å². The third-order valence-electron chi connectivity index (χ3n) is 3.99. The van der Waals surface area contributed by atoms with Gasteiger partial charge in [-0.05, 0) is 53.4 Å². The Morgan fingerprint density at radius 2 is 1.95 bits per heavy atom. The van der Waals surface area contributed by atoms with Crippen LogP contribution in [-0.4, -0.2) is 32.7 Å². The molecule has 1 saturated carbocycles. The molecule has 0 aliphatic heterocycles. The number of nitrogens with one attached hydrogen (secondary N) is 1. The Morgan fingerprint density at radius 3 is 2.48 bits per heavy atom. The van der Waals surface area contributed by atoms with Gasteiger partial charge in [-0.25, -0.2) is 0 Å². The second-order valence-electron chi connectivity index (χ2n) is 5.20. The lowest BCUT2D eigenvalue weighted by Gasteiger charge is -2.20. The maximum absolute atomic E-state index is 12.4. The molecule has 21 heavy (non-hydrogen) atoms. The molecule has 3 N–H and O–H groups in total. The lowest BCUT2D eigenvalue weighted by Crippen LogP contribution is -2.39. The highest BCUT2D eigenvalue weighted by Crippen LogP contribution is 2.35. The largest absolute Gasteiger partial charge is 0.495 e. The molecule has 0 saturated heterocycles. The smallest absolute Gasteiger partial charge is 0.251 e. The van der Waals surface area contributed by atoms with E-state index in [0.29, 0.717) is 34.0 Å². The molecule has 0 radical (unpaired) electrons. The Bertz CT molecular complexity index is 497. The molecule has 0 bridgehead atoms. The molecular formula is C15H21BrN2O3. The molecule has 1 aliphatic carbocycles. The van der Waals surface area contributed by atoms with Gasteiger partial charge in [0.15, 0.2) is 0 Å². The molecule has 2 atom stereocenters. The number of carbonyl (C=O) groups excluding carboxylic acids is 1. The van der Waals surface area contributed by atoms with Crippen molar-refractivity contribution in [1.82, 2.24) is 5.32 Å². The lowest BCUT2D eigenvalue weighted by molar-refractivity contribution is 0.0928. The van der Waals surface area contributed by atoms with Gasteiger partial charge in [-0.3, -0.25) is 4.79 Å². The van der Waals surface area contributed by atoms with Crippen LogP contribution < -0.4 is 20.5 Å². The first kappa shape index (κ1) is 16.1. The van der Waals surface area contributed by atoms with E-state index in [9.17, 15) is 4.79 Å². The number of halogens is 1. The standard InChI is InChI=1S/C15H21BrN2O3/c1-20-12-6-10(7-13(21-2)14(12)16)15(19)18-11-5-3-4-9(11)8-17/h6-7,9,11H,3-5,8,17H2,1-2H3,(H,18,19). The van der Waals surface area contributed by atoms with Gasteiger partial charge in [0.2, 0.25) is 0 Å². The Hall–Kier alpha value is -1.27. The number of hydrogen-bond acceptors (Lipinski definition) is 4.